The molecule has 5 amide bonds. The van der Waals surface area contributed by atoms with Gasteiger partial charge in [-0.05, 0) is 185 Å². The molecule has 5 aliphatic heterocycles. The first-order valence-corrected chi connectivity index (χ1v) is 48.4. The Labute approximate surface area is 862 Å². The van der Waals surface area contributed by atoms with E-state index in [0.29, 0.717) is 84.1 Å². The number of aliphatic carboxylic acids is 1. The second-order valence-electron chi connectivity index (χ2n) is 34.8. The Morgan fingerprint density at radius 1 is 0.356 bits per heavy atom. The van der Waals surface area contributed by atoms with E-state index in [1.54, 1.807) is 38.3 Å². The normalized spacial score (nSPS) is 20.7. The molecule has 21 nitrogen and oxygen atoms in total. The van der Waals surface area contributed by atoms with Crippen molar-refractivity contribution in [3.8, 4) is 0 Å². The molecule has 0 bridgehead atoms. The molecule has 2 N–H and O–H groups in total. The molecule has 0 saturated carbocycles. The van der Waals surface area contributed by atoms with Gasteiger partial charge >= 0.3 is 59.5 Å². The van der Waals surface area contributed by atoms with Crippen LogP contribution in [0.25, 0.3) is 0 Å². The van der Waals surface area contributed by atoms with E-state index in [-0.39, 0.29) is 139 Å². The van der Waals surface area contributed by atoms with Crippen molar-refractivity contribution in [2.45, 2.75) is 203 Å². The van der Waals surface area contributed by atoms with Crippen molar-refractivity contribution in [2.24, 2.45) is 0 Å². The molecule has 0 unspecified atom stereocenters. The number of carboxylic acids is 1. The van der Waals surface area contributed by atoms with Gasteiger partial charge in [0.25, 0.3) is 0 Å². The van der Waals surface area contributed by atoms with Crippen LogP contribution in [0.1, 0.15) is 225 Å². The second kappa shape index (κ2) is 50.8. The van der Waals surface area contributed by atoms with E-state index in [1.165, 1.54) is 13.8 Å². The second-order valence-corrected chi connectivity index (χ2v) is 39.4. The fourth-order valence-corrected chi connectivity index (χ4v) is 19.2. The molecule has 135 heavy (non-hydrogen) atoms. The molecular weight excluding hydrogens is 2110 g/mol. The van der Waals surface area contributed by atoms with Crippen molar-refractivity contribution in [1.82, 2.24) is 24.5 Å². The van der Waals surface area contributed by atoms with E-state index in [1.807, 2.05) is 308 Å². The molecule has 0 aliphatic carbocycles. The van der Waals surface area contributed by atoms with Crippen molar-refractivity contribution >= 4 is 157 Å². The Morgan fingerprint density at radius 2 is 0.556 bits per heavy atom. The van der Waals surface area contributed by atoms with Gasteiger partial charge in [-0.25, -0.2) is 24.0 Å². The SMILES string of the molecule is CC(=O)C[C@]1(c2ccccc2)CCN([C@@H](C)c2ccc(Br)cc2)C(=O)O1.CC(=O)C[C@]1(c2ccccc2)CCN([C@@H](C)c2ccc(Br)cc2)C(=O)O1.C[C@@H](c1ccc(Br)cc1)N1CC[C@](CC(C)(C)O)(c2ccccc2)OC1=O.C[C@@H](c1ccc(Br)cc1)N1CC[C@](CCC(=O)O)(c2ccccc2)OC1=O.C[C@@H](c1ccc(Br)cc1)N1CC[C@](CCC=O)(c2ccccc2)OC1=O.[Br-].[CH3-].[Mg+2]. The Balaban J connectivity index is 0.000000206. The molecule has 0 spiro atoms. The quantitative estimate of drug-likeness (QED) is 0.0210. The summed E-state index contributed by atoms with van der Waals surface area (Å²) in [6.45, 7) is 19.3. The maximum absolute atomic E-state index is 13.0. The number of carbonyl (C=O) groups excluding carboxylic acids is 8. The van der Waals surface area contributed by atoms with E-state index >= 15 is 0 Å². The van der Waals surface area contributed by atoms with Gasteiger partial charge in [0.2, 0.25) is 0 Å². The largest absolute Gasteiger partial charge is 2.00 e. The summed E-state index contributed by atoms with van der Waals surface area (Å²) in [5.41, 5.74) is 4.57. The molecule has 5 aliphatic rings. The Morgan fingerprint density at radius 3 is 0.770 bits per heavy atom. The number of rotatable bonds is 27. The van der Waals surface area contributed by atoms with Crippen LogP contribution in [0, 0.1) is 7.43 Å². The zero-order chi connectivity index (χ0) is 95.1. The molecular formula is C107H117Br6MgN5O16. The summed E-state index contributed by atoms with van der Waals surface area (Å²) in [5.74, 6) is -0.876. The summed E-state index contributed by atoms with van der Waals surface area (Å²) in [7, 11) is 0. The van der Waals surface area contributed by atoms with Crippen LogP contribution in [-0.2, 0) is 70.9 Å². The molecule has 15 rings (SSSR count). The van der Waals surface area contributed by atoms with Crippen LogP contribution in [0.4, 0.5) is 24.0 Å². The van der Waals surface area contributed by atoms with Crippen molar-refractivity contribution in [3.63, 3.8) is 0 Å². The third kappa shape index (κ3) is 29.4. The number of aldehydes is 1. The predicted octanol–water partition coefficient (Wildman–Crippen LogP) is 23.3. The van der Waals surface area contributed by atoms with E-state index in [2.05, 4.69) is 79.6 Å². The summed E-state index contributed by atoms with van der Waals surface area (Å²) in [4.78, 5) is 119. The minimum absolute atomic E-state index is 0. The summed E-state index contributed by atoms with van der Waals surface area (Å²) >= 11 is 17.2. The molecule has 10 aromatic rings. The number of carboxylic acid groups (broad SMARTS) is 1. The van der Waals surface area contributed by atoms with Gasteiger partial charge in [0.05, 0.1) is 48.7 Å². The van der Waals surface area contributed by atoms with Gasteiger partial charge in [0, 0.05) is 113 Å². The first-order chi connectivity index (χ1) is 63.0. The van der Waals surface area contributed by atoms with E-state index < -0.39 is 45.7 Å². The number of carbonyl (C=O) groups is 9. The average Bonchev–Trinajstić information content (AvgIpc) is 0.738. The van der Waals surface area contributed by atoms with Crippen LogP contribution in [0.15, 0.2) is 295 Å². The van der Waals surface area contributed by atoms with Crippen LogP contribution in [0.3, 0.4) is 0 Å². The topological polar surface area (TPSA) is 256 Å². The predicted molar refractivity (Wildman–Crippen MR) is 538 cm³/mol. The zero-order valence-corrected chi connectivity index (χ0v) is 88.7. The number of nitrogens with zero attached hydrogens (tertiary/aromatic N) is 5. The number of benzene rings is 10. The summed E-state index contributed by atoms with van der Waals surface area (Å²) in [5, 5.41) is 19.6. The number of ether oxygens (including phenoxy) is 5. The van der Waals surface area contributed by atoms with E-state index in [9.17, 15) is 48.3 Å². The molecule has 5 saturated heterocycles. The van der Waals surface area contributed by atoms with Crippen LogP contribution >= 0.6 is 79.6 Å². The first-order valence-electron chi connectivity index (χ1n) is 44.4. The van der Waals surface area contributed by atoms with Gasteiger partial charge < -0.3 is 87.6 Å². The van der Waals surface area contributed by atoms with Gasteiger partial charge in [-0.15, -0.1) is 0 Å². The van der Waals surface area contributed by atoms with E-state index in [0.717, 1.165) is 84.3 Å². The molecule has 28 heteroatoms. The van der Waals surface area contributed by atoms with Gasteiger partial charge in [-0.2, -0.15) is 0 Å². The number of amides is 5. The standard InChI is InChI=1S/C22H26BrNO3.C21H22BrNO4.3C21H22BrNO3.CH3.BrH.Mg/c1-16(17-9-11-19(23)12-10-17)24-14-13-22(27-20(24)25,15-21(2,3)26)18-7-5-4-6-8-18;1-15(16-7-9-18(22)10-8-16)23-14-13-21(27-20(23)26,12-11-19(24)25)17-5-3-2-4-6-17;2*1-15(24)14-21(18-6-4-3-5-7-18)12-13-23(20(25)26-21)16(2)17-8-10-19(22)11-9-17;1-16(17-8-10-19(22)11-9-17)23-14-13-21(12-5-15-24,26-20(23)25)18-6-3-2-4-7-18;;;/h4-12,16,26H,13-15H2,1-3H3;2-10,15H,11-14H2,1H3,(H,24,25);2*3-11,16H,12-14H2,1-2H3;2-4,6-11,15-16H,5,12-14H2,1H3;1H3;1H;/q;;;;;-1;;+2/p-1/t16-,22-;15-,21+;2*16-,21-;16-,21+;;;/m00000.../s1. The van der Waals surface area contributed by atoms with E-state index in [4.69, 9.17) is 28.8 Å². The summed E-state index contributed by atoms with van der Waals surface area (Å²) < 4.78 is 34.7. The number of halogens is 6. The maximum atomic E-state index is 13.0. The number of Topliss-reactive ketones (excluding diaryl/α,β-unsaturated/α-hetero) is 2. The minimum atomic E-state index is -0.949. The van der Waals surface area contributed by atoms with Crippen LogP contribution in [0.5, 0.6) is 0 Å². The molecule has 0 radical (unpaired) electrons. The number of aliphatic hydroxyl groups is 1. The smallest absolute Gasteiger partial charge is 1.00 e. The number of hydrogen-bond donors (Lipinski definition) is 2. The minimum Gasteiger partial charge on any atom is -1.00 e. The summed E-state index contributed by atoms with van der Waals surface area (Å²) in [6, 6.07) is 87.2. The molecule has 710 valence electrons. The van der Waals surface area contributed by atoms with Gasteiger partial charge in [-0.3, -0.25) is 14.4 Å². The first kappa shape index (κ1) is 111. The Kier molecular flexibility index (Phi) is 41.8. The third-order valence-corrected chi connectivity index (χ3v) is 27.8. The number of cyclic esters (lactones) is 5. The average molecular weight is 2230 g/mol. The Hall–Kier alpha value is -9.36. The van der Waals surface area contributed by atoms with Gasteiger partial charge in [-0.1, -0.05) is 292 Å². The van der Waals surface area contributed by atoms with Crippen LogP contribution < -0.4 is 17.0 Å². The van der Waals surface area contributed by atoms with Crippen molar-refractivity contribution in [1.29, 1.82) is 0 Å². The van der Waals surface area contributed by atoms with Crippen molar-refractivity contribution < 1.29 is 94.0 Å². The molecule has 0 aromatic heterocycles. The van der Waals surface area contributed by atoms with Gasteiger partial charge in [0.1, 0.15) is 45.9 Å². The third-order valence-electron chi connectivity index (χ3n) is 25.2. The van der Waals surface area contributed by atoms with Crippen molar-refractivity contribution in [3.05, 3.63) is 358 Å². The fourth-order valence-electron chi connectivity index (χ4n) is 17.9. The van der Waals surface area contributed by atoms with Crippen LogP contribution in [-0.4, -0.2) is 150 Å². The summed E-state index contributed by atoms with van der Waals surface area (Å²) in [6.07, 6.45) is 3.90. The molecule has 5 fully saturated rings. The van der Waals surface area contributed by atoms with Crippen LogP contribution in [0.2, 0.25) is 0 Å². The Bertz CT molecular complexity index is 5400. The molecule has 10 aromatic carbocycles. The molecule has 10 atom stereocenters. The number of hydrogen-bond acceptors (Lipinski definition) is 15. The molecule has 5 heterocycles. The number of ketones is 2. The zero-order valence-electron chi connectivity index (χ0n) is 77.8. The monoisotopic (exact) mass is 2230 g/mol. The van der Waals surface area contributed by atoms with Crippen molar-refractivity contribution in [2.75, 3.05) is 32.7 Å². The fraction of sp³-hybridized carbons (Fsp3) is 0.346. The van der Waals surface area contributed by atoms with Gasteiger partial charge in [0.15, 0.2) is 0 Å². The maximum Gasteiger partial charge on any atom is 2.00 e.